The van der Waals surface area contributed by atoms with Gasteiger partial charge in [0, 0.05) is 22.8 Å². The molecule has 0 aliphatic carbocycles. The summed E-state index contributed by atoms with van der Waals surface area (Å²) >= 11 is 6.87. The van der Waals surface area contributed by atoms with Gasteiger partial charge in [-0.3, -0.25) is 0 Å². The molecule has 1 N–H and O–H groups in total. The van der Waals surface area contributed by atoms with Gasteiger partial charge in [-0.25, -0.2) is 4.98 Å². The summed E-state index contributed by atoms with van der Waals surface area (Å²) in [5.74, 6) is 1.83. The van der Waals surface area contributed by atoms with Crippen LogP contribution in [0.2, 0.25) is 0 Å². The number of rotatable bonds is 4. The third kappa shape index (κ3) is 3.67. The number of aromatic nitrogens is 2. The molecule has 0 amide bonds. The standard InChI is InChI=1S/C13H13Br2N3O/c1-3-16-13-17-7-8(2)12(18-13)19-11-5-4-9(14)6-10(11)15/h4-7H,3H2,1-2H3,(H,16,17,18). The lowest BCUT2D eigenvalue weighted by molar-refractivity contribution is 0.455. The highest BCUT2D eigenvalue weighted by Gasteiger charge is 2.08. The minimum atomic E-state index is 0.550. The van der Waals surface area contributed by atoms with Crippen LogP contribution in [0.15, 0.2) is 33.3 Å². The molecule has 6 heteroatoms. The van der Waals surface area contributed by atoms with Gasteiger partial charge in [-0.15, -0.1) is 0 Å². The monoisotopic (exact) mass is 385 g/mol. The maximum absolute atomic E-state index is 5.82. The zero-order valence-electron chi connectivity index (χ0n) is 10.6. The second kappa shape index (κ2) is 6.34. The molecule has 0 unspecified atom stereocenters. The summed E-state index contributed by atoms with van der Waals surface area (Å²) in [5, 5.41) is 3.06. The Bertz CT molecular complexity index is 590. The summed E-state index contributed by atoms with van der Waals surface area (Å²) in [5.41, 5.74) is 0.886. The fourth-order valence-electron chi connectivity index (χ4n) is 1.44. The van der Waals surface area contributed by atoms with Crippen molar-refractivity contribution in [2.24, 2.45) is 0 Å². The molecule has 0 saturated carbocycles. The molecule has 0 aliphatic heterocycles. The Labute approximate surface area is 128 Å². The van der Waals surface area contributed by atoms with Gasteiger partial charge in [0.2, 0.25) is 11.8 Å². The van der Waals surface area contributed by atoms with Crippen LogP contribution in [-0.2, 0) is 0 Å². The number of hydrogen-bond acceptors (Lipinski definition) is 4. The maximum Gasteiger partial charge on any atom is 0.227 e. The topological polar surface area (TPSA) is 47.0 Å². The van der Waals surface area contributed by atoms with Crippen molar-refractivity contribution in [1.29, 1.82) is 0 Å². The highest BCUT2D eigenvalue weighted by atomic mass is 79.9. The van der Waals surface area contributed by atoms with Gasteiger partial charge in [0.15, 0.2) is 0 Å². The van der Waals surface area contributed by atoms with Crippen molar-refractivity contribution < 1.29 is 4.74 Å². The molecule has 0 radical (unpaired) electrons. The van der Waals surface area contributed by atoms with E-state index >= 15 is 0 Å². The fraction of sp³-hybridized carbons (Fsp3) is 0.231. The first-order valence-electron chi connectivity index (χ1n) is 5.80. The molecular formula is C13H13Br2N3O. The average molecular weight is 387 g/mol. The third-order valence-corrected chi connectivity index (χ3v) is 3.47. The molecular weight excluding hydrogens is 374 g/mol. The summed E-state index contributed by atoms with van der Waals surface area (Å²) < 4.78 is 7.67. The van der Waals surface area contributed by atoms with E-state index in [1.54, 1.807) is 6.20 Å². The molecule has 100 valence electrons. The van der Waals surface area contributed by atoms with Crippen LogP contribution in [0.1, 0.15) is 12.5 Å². The SMILES string of the molecule is CCNc1ncc(C)c(Oc2ccc(Br)cc2Br)n1. The quantitative estimate of drug-likeness (QED) is 0.838. The van der Waals surface area contributed by atoms with Crippen LogP contribution in [-0.4, -0.2) is 16.5 Å². The van der Waals surface area contributed by atoms with Gasteiger partial charge >= 0.3 is 0 Å². The molecule has 0 bridgehead atoms. The lowest BCUT2D eigenvalue weighted by Crippen LogP contribution is -2.03. The van der Waals surface area contributed by atoms with Crippen LogP contribution >= 0.6 is 31.9 Å². The minimum absolute atomic E-state index is 0.550. The maximum atomic E-state index is 5.82. The first-order valence-corrected chi connectivity index (χ1v) is 7.39. The Morgan fingerprint density at radius 3 is 2.79 bits per heavy atom. The lowest BCUT2D eigenvalue weighted by atomic mass is 10.3. The molecule has 0 atom stereocenters. The number of halogens is 2. The van der Waals surface area contributed by atoms with E-state index in [0.717, 1.165) is 21.1 Å². The largest absolute Gasteiger partial charge is 0.437 e. The summed E-state index contributed by atoms with van der Waals surface area (Å²) in [6.45, 7) is 4.68. The van der Waals surface area contributed by atoms with Crippen LogP contribution in [0.25, 0.3) is 0 Å². The molecule has 0 aliphatic rings. The summed E-state index contributed by atoms with van der Waals surface area (Å²) in [6.07, 6.45) is 1.74. The number of nitrogens with zero attached hydrogens (tertiary/aromatic N) is 2. The Morgan fingerprint density at radius 1 is 1.32 bits per heavy atom. The molecule has 1 aromatic heterocycles. The third-order valence-electron chi connectivity index (χ3n) is 2.36. The summed E-state index contributed by atoms with van der Waals surface area (Å²) in [6, 6.07) is 5.72. The van der Waals surface area contributed by atoms with Crippen molar-refractivity contribution in [3.63, 3.8) is 0 Å². The number of anilines is 1. The number of ether oxygens (including phenoxy) is 1. The van der Waals surface area contributed by atoms with Crippen molar-refractivity contribution in [1.82, 2.24) is 9.97 Å². The molecule has 0 fully saturated rings. The molecule has 0 spiro atoms. The fourth-order valence-corrected chi connectivity index (χ4v) is 2.56. The van der Waals surface area contributed by atoms with E-state index in [1.807, 2.05) is 32.0 Å². The Morgan fingerprint density at radius 2 is 2.11 bits per heavy atom. The predicted molar refractivity (Wildman–Crippen MR) is 82.8 cm³/mol. The van der Waals surface area contributed by atoms with Crippen LogP contribution in [0.3, 0.4) is 0 Å². The van der Waals surface area contributed by atoms with Gasteiger partial charge in [0.05, 0.1) is 4.47 Å². The van der Waals surface area contributed by atoms with Crippen molar-refractivity contribution in [3.05, 3.63) is 38.9 Å². The Hall–Kier alpha value is -1.14. The van der Waals surface area contributed by atoms with Crippen molar-refractivity contribution >= 4 is 37.8 Å². The number of aryl methyl sites for hydroxylation is 1. The number of nitrogens with one attached hydrogen (secondary N) is 1. The Balaban J connectivity index is 2.29. The van der Waals surface area contributed by atoms with E-state index in [1.165, 1.54) is 0 Å². The average Bonchev–Trinajstić information content (AvgIpc) is 2.37. The first kappa shape index (κ1) is 14.3. The lowest BCUT2D eigenvalue weighted by Gasteiger charge is -2.10. The van der Waals surface area contributed by atoms with E-state index in [0.29, 0.717) is 17.6 Å². The van der Waals surface area contributed by atoms with Crippen molar-refractivity contribution in [3.8, 4) is 11.6 Å². The molecule has 19 heavy (non-hydrogen) atoms. The Kier molecular flexibility index (Phi) is 4.76. The van der Waals surface area contributed by atoms with Crippen molar-refractivity contribution in [2.45, 2.75) is 13.8 Å². The van der Waals surface area contributed by atoms with Gasteiger partial charge in [0.25, 0.3) is 0 Å². The highest BCUT2D eigenvalue weighted by molar-refractivity contribution is 9.11. The van der Waals surface area contributed by atoms with Gasteiger partial charge in [0.1, 0.15) is 5.75 Å². The van der Waals surface area contributed by atoms with E-state index in [-0.39, 0.29) is 0 Å². The van der Waals surface area contributed by atoms with Crippen LogP contribution in [0, 0.1) is 6.92 Å². The van der Waals surface area contributed by atoms with E-state index < -0.39 is 0 Å². The number of hydrogen-bond donors (Lipinski definition) is 1. The molecule has 1 aromatic carbocycles. The molecule has 0 saturated heterocycles. The summed E-state index contributed by atoms with van der Waals surface area (Å²) in [4.78, 5) is 8.53. The molecule has 2 rings (SSSR count). The molecule has 2 aromatic rings. The minimum Gasteiger partial charge on any atom is -0.437 e. The zero-order valence-corrected chi connectivity index (χ0v) is 13.7. The summed E-state index contributed by atoms with van der Waals surface area (Å²) in [7, 11) is 0. The van der Waals surface area contributed by atoms with Crippen LogP contribution in [0.4, 0.5) is 5.95 Å². The van der Waals surface area contributed by atoms with Gasteiger partial charge in [-0.1, -0.05) is 15.9 Å². The first-order chi connectivity index (χ1) is 9.10. The number of benzene rings is 1. The zero-order chi connectivity index (χ0) is 13.8. The van der Waals surface area contributed by atoms with Gasteiger partial charge < -0.3 is 10.1 Å². The molecule has 4 nitrogen and oxygen atoms in total. The normalized spacial score (nSPS) is 10.3. The van der Waals surface area contributed by atoms with Gasteiger partial charge in [-0.05, 0) is 48.0 Å². The highest BCUT2D eigenvalue weighted by Crippen LogP contribution is 2.32. The molecule has 1 heterocycles. The van der Waals surface area contributed by atoms with E-state index in [2.05, 4.69) is 47.1 Å². The van der Waals surface area contributed by atoms with Gasteiger partial charge in [-0.2, -0.15) is 4.98 Å². The van der Waals surface area contributed by atoms with Crippen LogP contribution < -0.4 is 10.1 Å². The second-order valence-electron chi connectivity index (χ2n) is 3.89. The second-order valence-corrected chi connectivity index (χ2v) is 5.66. The smallest absolute Gasteiger partial charge is 0.227 e. The van der Waals surface area contributed by atoms with Crippen molar-refractivity contribution in [2.75, 3.05) is 11.9 Å². The van der Waals surface area contributed by atoms with E-state index in [9.17, 15) is 0 Å². The van der Waals surface area contributed by atoms with Crippen LogP contribution in [0.5, 0.6) is 11.6 Å². The predicted octanol–water partition coefficient (Wildman–Crippen LogP) is 4.53. The van der Waals surface area contributed by atoms with E-state index in [4.69, 9.17) is 4.74 Å².